The van der Waals surface area contributed by atoms with E-state index in [2.05, 4.69) is 34.8 Å². The van der Waals surface area contributed by atoms with E-state index in [4.69, 9.17) is 37.3 Å². The van der Waals surface area contributed by atoms with E-state index in [1.807, 2.05) is 94.0 Å². The summed E-state index contributed by atoms with van der Waals surface area (Å²) in [4.78, 5) is 29.4. The van der Waals surface area contributed by atoms with Crippen LogP contribution in [-0.4, -0.2) is 77.8 Å². The molecule has 0 spiro atoms. The molecule has 0 aromatic carbocycles. The summed E-state index contributed by atoms with van der Waals surface area (Å²) in [6, 6.07) is 17.9. The second kappa shape index (κ2) is 22.8. The van der Waals surface area contributed by atoms with Crippen LogP contribution in [-0.2, 0) is 19.5 Å². The molecule has 45 heavy (non-hydrogen) atoms. The molecule has 0 atom stereocenters. The van der Waals surface area contributed by atoms with Gasteiger partial charge in [0.1, 0.15) is 0 Å². The number of aliphatic imine (C=N–C) groups is 3. The Hall–Kier alpha value is -2.70. The molecule has 0 unspecified atom stereocenters. The fourth-order valence-corrected chi connectivity index (χ4v) is 3.32. The van der Waals surface area contributed by atoms with Crippen LogP contribution in [0.5, 0.6) is 0 Å². The fraction of sp³-hybridized carbons (Fsp3) is 0.333. The van der Waals surface area contributed by atoms with Gasteiger partial charge in [-0.3, -0.25) is 34.8 Å². The van der Waals surface area contributed by atoms with Crippen molar-refractivity contribution in [2.45, 2.75) is 20.8 Å². The van der Waals surface area contributed by atoms with Gasteiger partial charge in [-0.25, -0.2) is 37.3 Å². The number of aryl methyl sites for hydroxylation is 3. The molecule has 240 valence electrons. The molecule has 3 aromatic heterocycles. The van der Waals surface area contributed by atoms with Crippen LogP contribution in [0.15, 0.2) is 69.6 Å². The smallest absolute Gasteiger partial charge is 0.298 e. The van der Waals surface area contributed by atoms with Gasteiger partial charge in [0.15, 0.2) is 0 Å². The maximum atomic E-state index is 8.49. The van der Waals surface area contributed by atoms with Crippen molar-refractivity contribution in [3.8, 4) is 0 Å². The number of nitrogens with zero attached hydrogens (tertiary/aromatic N) is 7. The molecule has 0 saturated heterocycles. The summed E-state index contributed by atoms with van der Waals surface area (Å²) in [6.45, 7) is 10.5. The minimum Gasteiger partial charge on any atom is -0.298 e. The minimum absolute atomic E-state index is 0. The first-order valence-corrected chi connectivity index (χ1v) is 15.3. The maximum Gasteiger partial charge on any atom is 2.00 e. The Labute approximate surface area is 278 Å². The van der Waals surface area contributed by atoms with Crippen molar-refractivity contribution in [3.63, 3.8) is 0 Å². The van der Waals surface area contributed by atoms with Crippen LogP contribution in [0.4, 0.5) is 0 Å². The maximum absolute atomic E-state index is 8.49. The van der Waals surface area contributed by atoms with Crippen molar-refractivity contribution >= 4 is 18.6 Å². The number of rotatable bonds is 12. The molecule has 0 fully saturated rings. The third-order valence-electron chi connectivity index (χ3n) is 5.04. The third-order valence-corrected chi connectivity index (χ3v) is 5.04. The number of halogens is 2. The number of aromatic nitrogens is 3. The molecule has 0 aliphatic rings. The zero-order chi connectivity index (χ0) is 33.0. The largest absolute Gasteiger partial charge is 2.00 e. The van der Waals surface area contributed by atoms with Crippen molar-refractivity contribution in [2.75, 3.05) is 39.3 Å². The van der Waals surface area contributed by atoms with Gasteiger partial charge in [0, 0.05) is 55.4 Å². The Morgan fingerprint density at radius 2 is 0.778 bits per heavy atom. The second-order valence-corrected chi connectivity index (χ2v) is 10.3. The summed E-state index contributed by atoms with van der Waals surface area (Å²) < 4.78 is 67.9. The van der Waals surface area contributed by atoms with E-state index in [0.29, 0.717) is 19.6 Å². The molecule has 3 heterocycles. The molecule has 0 aliphatic carbocycles. The van der Waals surface area contributed by atoms with E-state index in [9.17, 15) is 0 Å². The number of hydrogen-bond donors (Lipinski definition) is 0. The predicted molar refractivity (Wildman–Crippen MR) is 141 cm³/mol. The van der Waals surface area contributed by atoms with E-state index in [-0.39, 0.29) is 19.5 Å². The molecule has 0 N–H and O–H groups in total. The van der Waals surface area contributed by atoms with Crippen LogP contribution in [0.25, 0.3) is 0 Å². The summed E-state index contributed by atoms with van der Waals surface area (Å²) in [5, 5.41) is 0. The van der Waals surface area contributed by atoms with Gasteiger partial charge in [-0.2, -0.15) is 0 Å². The molecule has 0 bridgehead atoms. The van der Waals surface area contributed by atoms with E-state index in [1.165, 1.54) is 0 Å². The van der Waals surface area contributed by atoms with E-state index in [0.717, 1.165) is 53.8 Å². The van der Waals surface area contributed by atoms with E-state index < -0.39 is 20.5 Å². The van der Waals surface area contributed by atoms with Gasteiger partial charge >= 0.3 is 19.5 Å². The molecular weight excluding hydrogens is 687 g/mol. The van der Waals surface area contributed by atoms with E-state index in [1.54, 1.807) is 0 Å². The molecule has 18 heteroatoms. The summed E-state index contributed by atoms with van der Waals surface area (Å²) >= 11 is 0. The van der Waals surface area contributed by atoms with Gasteiger partial charge in [0.25, 0.3) is 0 Å². The first-order chi connectivity index (χ1) is 20.6. The van der Waals surface area contributed by atoms with Crippen LogP contribution in [0, 0.1) is 41.3 Å². The van der Waals surface area contributed by atoms with Gasteiger partial charge < -0.3 is 0 Å². The summed E-state index contributed by atoms with van der Waals surface area (Å²) in [5.41, 5.74) is 5.64. The third kappa shape index (κ3) is 27.3. The van der Waals surface area contributed by atoms with Gasteiger partial charge in [-0.05, 0) is 57.2 Å². The molecule has 0 saturated carbocycles. The van der Waals surface area contributed by atoms with Crippen LogP contribution >= 0.6 is 0 Å². The molecule has 3 aromatic rings. The van der Waals surface area contributed by atoms with Crippen molar-refractivity contribution < 1.29 is 77.2 Å². The van der Waals surface area contributed by atoms with Crippen LogP contribution in [0.2, 0.25) is 0 Å². The first-order valence-electron chi connectivity index (χ1n) is 12.8. The monoisotopic (exact) mass is 717 g/mol. The fourth-order valence-electron chi connectivity index (χ4n) is 3.32. The molecule has 0 amide bonds. The number of pyridine rings is 3. The quantitative estimate of drug-likeness (QED) is 0.125. The standard InChI is InChI=1S/C27H33N7.2ClHO4.Zn/c1-22-7-4-10-25(31-22)19-28-13-16-34(17-14-29-20-26-11-5-8-23(2)32-26)18-15-30-21-27-12-6-9-24(3)33-27;2*2-1(3,4)5;/h4-12,19-21H,13-18H2,1-3H3;2*(H,2,3,4,5);/q;;;+2/p-2. The van der Waals surface area contributed by atoms with Gasteiger partial charge in [-0.1, -0.05) is 18.2 Å². The molecule has 3 rings (SSSR count). The summed E-state index contributed by atoms with van der Waals surface area (Å²) in [5.74, 6) is 0. The first kappa shape index (κ1) is 42.3. The van der Waals surface area contributed by atoms with Crippen LogP contribution in [0.1, 0.15) is 34.2 Å². The Bertz CT molecular complexity index is 1180. The second-order valence-electron chi connectivity index (χ2n) is 8.81. The predicted octanol–water partition coefficient (Wildman–Crippen LogP) is -5.76. The van der Waals surface area contributed by atoms with Crippen molar-refractivity contribution in [2.24, 2.45) is 15.0 Å². The SMILES string of the molecule is Cc1cccc(C=NCCN(CCN=Cc2cccc(C)n2)CCN=Cc2cccc(C)n2)n1.[O-][Cl+3]([O-])([O-])[O-].[O-][Cl+3]([O-])([O-])[O-].[Zn+2]. The molecule has 0 radical (unpaired) electrons. The van der Waals surface area contributed by atoms with Gasteiger partial charge in [-0.15, -0.1) is 20.5 Å². The Kier molecular flexibility index (Phi) is 21.4. The van der Waals surface area contributed by atoms with Crippen molar-refractivity contribution in [1.29, 1.82) is 0 Å². The van der Waals surface area contributed by atoms with E-state index >= 15 is 0 Å². The Morgan fingerprint density at radius 3 is 1.00 bits per heavy atom. The average molecular weight is 720 g/mol. The summed E-state index contributed by atoms with van der Waals surface area (Å²) in [7, 11) is -9.89. The minimum atomic E-state index is -4.94. The Morgan fingerprint density at radius 1 is 0.533 bits per heavy atom. The van der Waals surface area contributed by atoms with Crippen molar-refractivity contribution in [1.82, 2.24) is 19.9 Å². The Balaban J connectivity index is 0.00000153. The van der Waals surface area contributed by atoms with Crippen LogP contribution < -0.4 is 37.3 Å². The van der Waals surface area contributed by atoms with Crippen LogP contribution in [0.3, 0.4) is 0 Å². The summed E-state index contributed by atoms with van der Waals surface area (Å²) in [6.07, 6.45) is 5.52. The van der Waals surface area contributed by atoms with Gasteiger partial charge in [0.2, 0.25) is 0 Å². The topological polar surface area (TPSA) is 263 Å². The van der Waals surface area contributed by atoms with Gasteiger partial charge in [0.05, 0.1) is 36.7 Å². The van der Waals surface area contributed by atoms with Crippen molar-refractivity contribution in [3.05, 3.63) is 88.8 Å². The zero-order valence-corrected chi connectivity index (χ0v) is 29.5. The normalized spacial score (nSPS) is 11.7. The molecular formula is C27H33Cl2N7O8Zn. The molecule has 0 aliphatic heterocycles. The zero-order valence-electron chi connectivity index (χ0n) is 25.0. The average Bonchev–Trinajstić information content (AvgIpc) is 2.89. The number of hydrogen-bond acceptors (Lipinski definition) is 15. The molecule has 15 nitrogen and oxygen atoms in total.